The molecule has 0 radical (unpaired) electrons. The number of carbonyl (C=O) groups is 1. The molecule has 22 heavy (non-hydrogen) atoms. The van der Waals surface area contributed by atoms with Gasteiger partial charge in [-0.2, -0.15) is 9.36 Å². The second-order valence-corrected chi connectivity index (χ2v) is 5.44. The summed E-state index contributed by atoms with van der Waals surface area (Å²) in [6, 6.07) is -0.323. The van der Waals surface area contributed by atoms with Crippen molar-refractivity contribution in [2.24, 2.45) is 0 Å². The number of hydrogen-bond donors (Lipinski definition) is 0. The van der Waals surface area contributed by atoms with Crippen molar-refractivity contribution in [2.45, 2.75) is 65.2 Å². The molecule has 2 rings (SSSR count). The van der Waals surface area contributed by atoms with Crippen LogP contribution in [0.15, 0.2) is 12.4 Å². The molecule has 0 N–H and O–H groups in total. The summed E-state index contributed by atoms with van der Waals surface area (Å²) in [6.45, 7) is 4.33. The molecule has 0 aromatic carbocycles. The van der Waals surface area contributed by atoms with Gasteiger partial charge in [0.15, 0.2) is 0 Å². The Bertz CT molecular complexity index is 575. The molecule has 7 nitrogen and oxygen atoms in total. The van der Waals surface area contributed by atoms with Crippen molar-refractivity contribution in [3.63, 3.8) is 0 Å². The van der Waals surface area contributed by atoms with E-state index < -0.39 is 0 Å². The normalized spacial score (nSPS) is 11.0. The molecular formula is C15H24N6O. The minimum atomic E-state index is -0.323. The summed E-state index contributed by atoms with van der Waals surface area (Å²) in [5.41, 5.74) is 1.86. The Hall–Kier alpha value is -2.05. The highest BCUT2D eigenvalue weighted by molar-refractivity contribution is 5.77. The standard InChI is InChI=1S/C15H24N6O/c1-3-5-7-8-9-13-14(10-6-4-2)21(19-17-13)15(22)20-12-11-16-18-20/h11-12H,3-10H2,1-2H3. The molecule has 0 saturated carbocycles. The summed E-state index contributed by atoms with van der Waals surface area (Å²) in [5, 5.41) is 15.7. The van der Waals surface area contributed by atoms with Gasteiger partial charge in [0.25, 0.3) is 0 Å². The zero-order chi connectivity index (χ0) is 15.8. The van der Waals surface area contributed by atoms with Gasteiger partial charge in [0.1, 0.15) is 0 Å². The van der Waals surface area contributed by atoms with Crippen molar-refractivity contribution in [3.05, 3.63) is 23.8 Å². The lowest BCUT2D eigenvalue weighted by molar-refractivity contribution is 0.236. The molecule has 2 aromatic heterocycles. The number of aromatic nitrogens is 6. The first kappa shape index (κ1) is 16.3. The SMILES string of the molecule is CCCCCCc1nnn(C(=O)n2ccnn2)c1CCCC. The summed E-state index contributed by atoms with van der Waals surface area (Å²) in [6.07, 6.45) is 11.5. The first-order valence-electron chi connectivity index (χ1n) is 8.12. The zero-order valence-electron chi connectivity index (χ0n) is 13.4. The van der Waals surface area contributed by atoms with E-state index in [-0.39, 0.29) is 6.03 Å². The van der Waals surface area contributed by atoms with Crippen molar-refractivity contribution in [3.8, 4) is 0 Å². The number of nitrogens with zero attached hydrogens (tertiary/aromatic N) is 6. The second-order valence-electron chi connectivity index (χ2n) is 5.44. The molecule has 0 aliphatic rings. The molecule has 120 valence electrons. The van der Waals surface area contributed by atoms with Gasteiger partial charge in [0, 0.05) is 0 Å². The van der Waals surface area contributed by atoms with Gasteiger partial charge in [-0.3, -0.25) is 0 Å². The average Bonchev–Trinajstić information content (AvgIpc) is 3.18. The number of aryl methyl sites for hydroxylation is 1. The average molecular weight is 304 g/mol. The molecule has 0 aliphatic carbocycles. The van der Waals surface area contributed by atoms with Crippen LogP contribution < -0.4 is 0 Å². The fraction of sp³-hybridized carbons (Fsp3) is 0.667. The molecule has 0 unspecified atom stereocenters. The molecule has 0 amide bonds. The van der Waals surface area contributed by atoms with Gasteiger partial charge in [-0.25, -0.2) is 4.79 Å². The first-order valence-corrected chi connectivity index (χ1v) is 8.12. The molecule has 0 aliphatic heterocycles. The van der Waals surface area contributed by atoms with E-state index in [1.54, 1.807) is 0 Å². The van der Waals surface area contributed by atoms with E-state index in [9.17, 15) is 4.79 Å². The third-order valence-corrected chi connectivity index (χ3v) is 3.68. The minimum Gasteiger partial charge on any atom is -0.243 e. The highest BCUT2D eigenvalue weighted by Gasteiger charge is 2.19. The Morgan fingerprint density at radius 3 is 2.55 bits per heavy atom. The summed E-state index contributed by atoms with van der Waals surface area (Å²) >= 11 is 0. The van der Waals surface area contributed by atoms with Crippen LogP contribution in [0.25, 0.3) is 0 Å². The Labute approximate surface area is 130 Å². The molecular weight excluding hydrogens is 280 g/mol. The lowest BCUT2D eigenvalue weighted by Crippen LogP contribution is -2.23. The molecule has 2 aromatic rings. The smallest absolute Gasteiger partial charge is 0.243 e. The molecule has 2 heterocycles. The minimum absolute atomic E-state index is 0.323. The Kier molecular flexibility index (Phi) is 6.24. The van der Waals surface area contributed by atoms with Crippen LogP contribution in [0.5, 0.6) is 0 Å². The monoisotopic (exact) mass is 304 g/mol. The van der Waals surface area contributed by atoms with Crippen LogP contribution in [0, 0.1) is 0 Å². The van der Waals surface area contributed by atoms with Crippen LogP contribution in [-0.4, -0.2) is 36.0 Å². The fourth-order valence-electron chi connectivity index (χ4n) is 2.40. The second kappa shape index (κ2) is 8.41. The van der Waals surface area contributed by atoms with Gasteiger partial charge < -0.3 is 0 Å². The van der Waals surface area contributed by atoms with Gasteiger partial charge in [-0.05, 0) is 25.7 Å². The van der Waals surface area contributed by atoms with Crippen LogP contribution in [0.1, 0.15) is 63.8 Å². The topological polar surface area (TPSA) is 78.5 Å². The van der Waals surface area contributed by atoms with Crippen molar-refractivity contribution in [1.29, 1.82) is 0 Å². The van der Waals surface area contributed by atoms with E-state index in [1.807, 2.05) is 0 Å². The molecule has 0 fully saturated rings. The number of rotatable bonds is 8. The van der Waals surface area contributed by atoms with Crippen molar-refractivity contribution in [2.75, 3.05) is 0 Å². The Balaban J connectivity index is 2.14. The van der Waals surface area contributed by atoms with Crippen LogP contribution in [0.4, 0.5) is 4.79 Å². The molecule has 7 heteroatoms. The predicted molar refractivity (Wildman–Crippen MR) is 82.7 cm³/mol. The number of hydrogen-bond acceptors (Lipinski definition) is 5. The van der Waals surface area contributed by atoms with Gasteiger partial charge in [0.2, 0.25) is 0 Å². The van der Waals surface area contributed by atoms with E-state index in [0.29, 0.717) is 0 Å². The molecule has 0 bridgehead atoms. The van der Waals surface area contributed by atoms with E-state index in [0.717, 1.165) is 43.5 Å². The van der Waals surface area contributed by atoms with Gasteiger partial charge >= 0.3 is 6.03 Å². The molecule has 0 atom stereocenters. The number of carbonyl (C=O) groups excluding carboxylic acids is 1. The maximum absolute atomic E-state index is 12.4. The molecule has 0 saturated heterocycles. The summed E-state index contributed by atoms with van der Waals surface area (Å²) in [7, 11) is 0. The highest BCUT2D eigenvalue weighted by Crippen LogP contribution is 2.14. The Morgan fingerprint density at radius 1 is 1.05 bits per heavy atom. The largest absolute Gasteiger partial charge is 0.372 e. The van der Waals surface area contributed by atoms with Gasteiger partial charge in [-0.1, -0.05) is 50.0 Å². The van der Waals surface area contributed by atoms with Crippen LogP contribution in [-0.2, 0) is 12.8 Å². The first-order chi connectivity index (χ1) is 10.8. The summed E-state index contributed by atoms with van der Waals surface area (Å²) < 4.78 is 2.56. The van der Waals surface area contributed by atoms with E-state index in [4.69, 9.17) is 0 Å². The van der Waals surface area contributed by atoms with Gasteiger partial charge in [0.05, 0.1) is 23.8 Å². The fourth-order valence-corrected chi connectivity index (χ4v) is 2.40. The van der Waals surface area contributed by atoms with E-state index >= 15 is 0 Å². The number of unbranched alkanes of at least 4 members (excludes halogenated alkanes) is 4. The van der Waals surface area contributed by atoms with Crippen LogP contribution >= 0.6 is 0 Å². The third kappa shape index (κ3) is 3.99. The van der Waals surface area contributed by atoms with Crippen LogP contribution in [0.3, 0.4) is 0 Å². The quantitative estimate of drug-likeness (QED) is 0.701. The maximum atomic E-state index is 12.4. The van der Waals surface area contributed by atoms with E-state index in [2.05, 4.69) is 34.5 Å². The molecule has 0 spiro atoms. The lowest BCUT2D eigenvalue weighted by Gasteiger charge is -2.06. The predicted octanol–water partition coefficient (Wildman–Crippen LogP) is 2.85. The summed E-state index contributed by atoms with van der Waals surface area (Å²) in [4.78, 5) is 12.4. The third-order valence-electron chi connectivity index (χ3n) is 3.68. The zero-order valence-corrected chi connectivity index (χ0v) is 13.4. The Morgan fingerprint density at radius 2 is 1.86 bits per heavy atom. The lowest BCUT2D eigenvalue weighted by atomic mass is 10.1. The van der Waals surface area contributed by atoms with Gasteiger partial charge in [-0.15, -0.1) is 10.2 Å². The van der Waals surface area contributed by atoms with Crippen molar-refractivity contribution >= 4 is 6.03 Å². The summed E-state index contributed by atoms with van der Waals surface area (Å²) in [5.74, 6) is 0. The van der Waals surface area contributed by atoms with Crippen molar-refractivity contribution < 1.29 is 4.79 Å². The van der Waals surface area contributed by atoms with Crippen molar-refractivity contribution in [1.82, 2.24) is 30.0 Å². The maximum Gasteiger partial charge on any atom is 0.372 e. The van der Waals surface area contributed by atoms with E-state index in [1.165, 1.54) is 41.0 Å². The van der Waals surface area contributed by atoms with Crippen LogP contribution in [0.2, 0.25) is 0 Å². The highest BCUT2D eigenvalue weighted by atomic mass is 16.2.